The zero-order chi connectivity index (χ0) is 21.1. The lowest BCUT2D eigenvalue weighted by atomic mass is 10.1. The van der Waals surface area contributed by atoms with Crippen molar-refractivity contribution in [2.75, 3.05) is 26.9 Å². The lowest BCUT2D eigenvalue weighted by Crippen LogP contribution is -2.31. The molecule has 0 bridgehead atoms. The van der Waals surface area contributed by atoms with Gasteiger partial charge in [-0.2, -0.15) is 0 Å². The van der Waals surface area contributed by atoms with Crippen LogP contribution in [0.3, 0.4) is 0 Å². The van der Waals surface area contributed by atoms with E-state index in [1.165, 1.54) is 0 Å². The molecule has 0 saturated carbocycles. The number of rotatable bonds is 11. The van der Waals surface area contributed by atoms with Gasteiger partial charge in [-0.25, -0.2) is 0 Å². The fraction of sp³-hybridized carbons (Fsp3) is 0.833. The SMILES string of the molecule is CC.CO[N+](=O)[O-].NC(CCC(=O)OCC(CO)CO[N+](=O)[O-])C(=O)O. The summed E-state index contributed by atoms with van der Waals surface area (Å²) in [5.41, 5.74) is 5.19. The molecule has 14 nitrogen and oxygen atoms in total. The molecule has 0 aliphatic heterocycles. The number of carboxylic acid groups (broad SMARTS) is 1. The third kappa shape index (κ3) is 21.3. The maximum Gasteiger partial charge on any atom is 0.320 e. The van der Waals surface area contributed by atoms with Gasteiger partial charge in [0.05, 0.1) is 20.3 Å². The van der Waals surface area contributed by atoms with Gasteiger partial charge >= 0.3 is 11.9 Å². The van der Waals surface area contributed by atoms with Crippen molar-refractivity contribution in [3.05, 3.63) is 20.2 Å². The van der Waals surface area contributed by atoms with Gasteiger partial charge in [0.1, 0.15) is 12.6 Å². The fourth-order valence-electron chi connectivity index (χ4n) is 1.000. The molecule has 0 spiro atoms. The number of aliphatic carboxylic acids is 1. The minimum Gasteiger partial charge on any atom is -0.480 e. The number of esters is 1. The van der Waals surface area contributed by atoms with E-state index in [2.05, 4.69) is 9.68 Å². The van der Waals surface area contributed by atoms with Crippen LogP contribution in [0.1, 0.15) is 26.7 Å². The average molecular weight is 387 g/mol. The molecule has 0 aromatic heterocycles. The smallest absolute Gasteiger partial charge is 0.320 e. The van der Waals surface area contributed by atoms with Gasteiger partial charge in [-0.1, -0.05) is 13.8 Å². The van der Waals surface area contributed by atoms with Crippen LogP contribution in [0.4, 0.5) is 0 Å². The highest BCUT2D eigenvalue weighted by Crippen LogP contribution is 2.02. The Kier molecular flexibility index (Phi) is 20.1. The van der Waals surface area contributed by atoms with Crippen LogP contribution in [0.2, 0.25) is 0 Å². The Labute approximate surface area is 149 Å². The summed E-state index contributed by atoms with van der Waals surface area (Å²) < 4.78 is 4.71. The van der Waals surface area contributed by atoms with E-state index in [0.29, 0.717) is 0 Å². The van der Waals surface area contributed by atoms with E-state index in [9.17, 15) is 19.7 Å². The molecule has 2 atom stereocenters. The number of nitrogens with zero attached hydrogens (tertiary/aromatic N) is 2. The number of aliphatic hydroxyl groups excluding tert-OH is 1. The average Bonchev–Trinajstić information content (AvgIpc) is 2.61. The highest BCUT2D eigenvalue weighted by molar-refractivity contribution is 5.75. The van der Waals surface area contributed by atoms with Crippen LogP contribution in [0.5, 0.6) is 0 Å². The molecule has 0 radical (unpaired) electrons. The van der Waals surface area contributed by atoms with Crippen molar-refractivity contribution in [2.45, 2.75) is 32.7 Å². The van der Waals surface area contributed by atoms with Crippen molar-refractivity contribution in [1.29, 1.82) is 0 Å². The van der Waals surface area contributed by atoms with Crippen LogP contribution < -0.4 is 5.73 Å². The Morgan fingerprint density at radius 2 is 1.65 bits per heavy atom. The molecule has 0 rings (SSSR count). The Hall–Kier alpha value is -2.74. The van der Waals surface area contributed by atoms with Crippen LogP contribution >= 0.6 is 0 Å². The fourth-order valence-corrected chi connectivity index (χ4v) is 1.000. The van der Waals surface area contributed by atoms with Crippen LogP contribution in [-0.2, 0) is 24.0 Å². The van der Waals surface area contributed by atoms with Crippen LogP contribution in [0.15, 0.2) is 0 Å². The Morgan fingerprint density at radius 1 is 1.15 bits per heavy atom. The summed E-state index contributed by atoms with van der Waals surface area (Å²) in [6.07, 6.45) is -0.273. The number of ether oxygens (including phenoxy) is 1. The van der Waals surface area contributed by atoms with Gasteiger partial charge in [-0.3, -0.25) is 9.59 Å². The van der Waals surface area contributed by atoms with E-state index in [0.717, 1.165) is 7.11 Å². The third-order valence-corrected chi connectivity index (χ3v) is 2.28. The minimum atomic E-state index is -1.22. The van der Waals surface area contributed by atoms with Gasteiger partial charge in [0.2, 0.25) is 0 Å². The highest BCUT2D eigenvalue weighted by atomic mass is 17.0. The van der Waals surface area contributed by atoms with E-state index in [4.69, 9.17) is 30.8 Å². The second-order valence-electron chi connectivity index (χ2n) is 4.14. The second kappa shape index (κ2) is 18.6. The Morgan fingerprint density at radius 3 is 2.00 bits per heavy atom. The van der Waals surface area contributed by atoms with Crippen LogP contribution in [0.25, 0.3) is 0 Å². The maximum absolute atomic E-state index is 11.2. The normalized spacial score (nSPS) is 11.3. The molecule has 0 aromatic rings. The third-order valence-electron chi connectivity index (χ3n) is 2.28. The first-order valence-electron chi connectivity index (χ1n) is 7.34. The first-order chi connectivity index (χ1) is 12.1. The quantitative estimate of drug-likeness (QED) is 0.230. The van der Waals surface area contributed by atoms with Crippen molar-refractivity contribution < 1.29 is 44.4 Å². The van der Waals surface area contributed by atoms with Crippen LogP contribution in [-0.4, -0.2) is 65.3 Å². The Balaban J connectivity index is -0.000000645. The van der Waals surface area contributed by atoms with Crippen molar-refractivity contribution in [3.63, 3.8) is 0 Å². The van der Waals surface area contributed by atoms with Crippen molar-refractivity contribution in [1.82, 2.24) is 0 Å². The van der Waals surface area contributed by atoms with Gasteiger partial charge in [-0.15, -0.1) is 20.2 Å². The molecule has 0 fully saturated rings. The summed E-state index contributed by atoms with van der Waals surface area (Å²) >= 11 is 0. The molecule has 0 amide bonds. The molecule has 26 heavy (non-hydrogen) atoms. The summed E-state index contributed by atoms with van der Waals surface area (Å²) in [5, 5.41) is 34.3. The summed E-state index contributed by atoms with van der Waals surface area (Å²) in [6, 6.07) is -1.15. The summed E-state index contributed by atoms with van der Waals surface area (Å²) in [6.45, 7) is 2.90. The predicted octanol–water partition coefficient (Wildman–Crippen LogP) is -0.611. The first-order valence-corrected chi connectivity index (χ1v) is 7.34. The number of carbonyl (C=O) groups is 2. The number of hydrogen-bond donors (Lipinski definition) is 3. The molecule has 0 aliphatic rings. The monoisotopic (exact) mass is 387 g/mol. The van der Waals surface area contributed by atoms with Crippen molar-refractivity contribution >= 4 is 11.9 Å². The molecule has 154 valence electrons. The first kappa shape index (κ1) is 28.1. The number of nitrogens with two attached hydrogens (primary N) is 1. The molecule has 0 saturated heterocycles. The van der Waals surface area contributed by atoms with Crippen molar-refractivity contribution in [3.8, 4) is 0 Å². The van der Waals surface area contributed by atoms with Gasteiger partial charge < -0.3 is 30.4 Å². The van der Waals surface area contributed by atoms with Crippen molar-refractivity contribution in [2.24, 2.45) is 11.7 Å². The molecule has 4 N–H and O–H groups in total. The maximum atomic E-state index is 11.2. The lowest BCUT2D eigenvalue weighted by Gasteiger charge is -2.13. The van der Waals surface area contributed by atoms with Crippen LogP contribution in [0, 0.1) is 26.1 Å². The molecule has 0 aliphatic carbocycles. The second-order valence-corrected chi connectivity index (χ2v) is 4.14. The molecule has 0 aromatic carbocycles. The molecule has 0 heterocycles. The molecular formula is C12H25N3O11. The Bertz CT molecular complexity index is 419. The number of hydrogen-bond acceptors (Lipinski definition) is 11. The number of carboxylic acids is 1. The molecular weight excluding hydrogens is 362 g/mol. The largest absolute Gasteiger partial charge is 0.480 e. The molecule has 2 unspecified atom stereocenters. The van der Waals surface area contributed by atoms with E-state index in [1.807, 2.05) is 13.8 Å². The summed E-state index contributed by atoms with van der Waals surface area (Å²) in [7, 11) is 1.00. The molecule has 14 heteroatoms. The number of carbonyl (C=O) groups excluding carboxylic acids is 1. The van der Waals surface area contributed by atoms with E-state index in [1.54, 1.807) is 0 Å². The van der Waals surface area contributed by atoms with E-state index >= 15 is 0 Å². The van der Waals surface area contributed by atoms with Gasteiger partial charge in [0.25, 0.3) is 10.2 Å². The van der Waals surface area contributed by atoms with E-state index in [-0.39, 0.29) is 19.4 Å². The highest BCUT2D eigenvalue weighted by Gasteiger charge is 2.16. The topological polar surface area (TPSA) is 215 Å². The van der Waals surface area contributed by atoms with E-state index < -0.39 is 47.3 Å². The van der Waals surface area contributed by atoms with Gasteiger partial charge in [-0.05, 0) is 6.42 Å². The van der Waals surface area contributed by atoms with Gasteiger partial charge in [0.15, 0.2) is 0 Å². The summed E-state index contributed by atoms with van der Waals surface area (Å²) in [5.74, 6) is -2.64. The standard InChI is InChI=1S/C9H16N2O8.C2H6.CH3NO3/c10-7(9(14)15)1-2-8(13)18-4-6(3-12)5-19-11(16)17;1-2;1-5-2(3)4/h6-7,12H,1-5,10H2,(H,14,15);1-2H3;1H3. The van der Waals surface area contributed by atoms with Gasteiger partial charge in [0, 0.05) is 12.3 Å². The summed E-state index contributed by atoms with van der Waals surface area (Å²) in [4.78, 5) is 48.0. The predicted molar refractivity (Wildman–Crippen MR) is 84.7 cm³/mol. The zero-order valence-corrected chi connectivity index (χ0v) is 14.7. The minimum absolute atomic E-state index is 0.0800. The number of aliphatic hydroxyl groups is 1. The zero-order valence-electron chi connectivity index (χ0n) is 14.7. The lowest BCUT2D eigenvalue weighted by molar-refractivity contribution is -0.759.